The van der Waals surface area contributed by atoms with E-state index in [1.165, 1.54) is 0 Å². The molecule has 0 amide bonds. The summed E-state index contributed by atoms with van der Waals surface area (Å²) >= 11 is 0. The fourth-order valence-electron chi connectivity index (χ4n) is 2.25. The third kappa shape index (κ3) is 3.23. The zero-order chi connectivity index (χ0) is 15.4. The van der Waals surface area contributed by atoms with Gasteiger partial charge in [-0.15, -0.1) is 0 Å². The first-order valence-electron chi connectivity index (χ1n) is 7.17. The van der Waals surface area contributed by atoms with E-state index in [1.54, 1.807) is 12.1 Å². The van der Waals surface area contributed by atoms with Crippen LogP contribution < -0.4 is 4.74 Å². The first-order valence-corrected chi connectivity index (χ1v) is 7.17. The van der Waals surface area contributed by atoms with Crippen LogP contribution in [0.5, 0.6) is 11.5 Å². The smallest absolute Gasteiger partial charge is 0.193 e. The van der Waals surface area contributed by atoms with Crippen LogP contribution in [-0.2, 0) is 0 Å². The first-order chi connectivity index (χ1) is 10.7. The lowest BCUT2D eigenvalue weighted by Gasteiger charge is -2.07. The third-order valence-corrected chi connectivity index (χ3v) is 3.38. The van der Waals surface area contributed by atoms with Gasteiger partial charge in [0, 0.05) is 11.1 Å². The Morgan fingerprint density at radius 3 is 2.09 bits per heavy atom. The van der Waals surface area contributed by atoms with Crippen molar-refractivity contribution >= 4 is 5.78 Å². The molecule has 0 heterocycles. The number of ketones is 1. The predicted molar refractivity (Wildman–Crippen MR) is 87.6 cm³/mol. The van der Waals surface area contributed by atoms with E-state index in [-0.39, 0.29) is 5.78 Å². The maximum Gasteiger partial charge on any atom is 0.193 e. The minimum atomic E-state index is 0.0231. The molecular weight excluding hydrogens is 272 g/mol. The average molecular weight is 288 g/mol. The van der Waals surface area contributed by atoms with Crippen LogP contribution in [0.3, 0.4) is 0 Å². The van der Waals surface area contributed by atoms with Crippen LogP contribution in [0.2, 0.25) is 0 Å². The van der Waals surface area contributed by atoms with E-state index in [2.05, 4.69) is 0 Å². The summed E-state index contributed by atoms with van der Waals surface area (Å²) < 4.78 is 5.73. The van der Waals surface area contributed by atoms with Crippen molar-refractivity contribution < 1.29 is 9.53 Å². The predicted octanol–water partition coefficient (Wildman–Crippen LogP) is 5.02. The molecule has 0 saturated carbocycles. The van der Waals surface area contributed by atoms with Gasteiger partial charge in [0.15, 0.2) is 5.78 Å². The molecule has 0 unspecified atom stereocenters. The quantitative estimate of drug-likeness (QED) is 0.630. The van der Waals surface area contributed by atoms with Crippen LogP contribution in [0.1, 0.15) is 21.5 Å². The van der Waals surface area contributed by atoms with Gasteiger partial charge < -0.3 is 4.74 Å². The standard InChI is InChI=1S/C20H16O2/c1-15-6-5-7-17(14-15)20(21)16-10-12-19(13-11-16)22-18-8-3-2-4-9-18/h2-14H,1H3. The van der Waals surface area contributed by atoms with Crippen LogP contribution in [0.25, 0.3) is 0 Å². The van der Waals surface area contributed by atoms with Crippen molar-refractivity contribution in [1.29, 1.82) is 0 Å². The van der Waals surface area contributed by atoms with Crippen LogP contribution in [-0.4, -0.2) is 5.78 Å². The van der Waals surface area contributed by atoms with Gasteiger partial charge in [-0.2, -0.15) is 0 Å². The Labute approximate surface area is 130 Å². The van der Waals surface area contributed by atoms with Gasteiger partial charge in [-0.05, 0) is 49.4 Å². The molecule has 2 heteroatoms. The molecule has 0 spiro atoms. The van der Waals surface area contributed by atoms with E-state index in [0.29, 0.717) is 16.9 Å². The SMILES string of the molecule is Cc1cccc(C(=O)c2ccc(Oc3ccccc3)cc2)c1. The lowest BCUT2D eigenvalue weighted by Crippen LogP contribution is -2.01. The Hall–Kier alpha value is -2.87. The van der Waals surface area contributed by atoms with E-state index in [9.17, 15) is 4.79 Å². The highest BCUT2D eigenvalue weighted by Crippen LogP contribution is 2.22. The van der Waals surface area contributed by atoms with Crippen molar-refractivity contribution in [3.63, 3.8) is 0 Å². The monoisotopic (exact) mass is 288 g/mol. The Morgan fingerprint density at radius 1 is 0.727 bits per heavy atom. The highest BCUT2D eigenvalue weighted by atomic mass is 16.5. The topological polar surface area (TPSA) is 26.3 Å². The van der Waals surface area contributed by atoms with Gasteiger partial charge >= 0.3 is 0 Å². The molecular formula is C20H16O2. The zero-order valence-electron chi connectivity index (χ0n) is 12.3. The van der Waals surface area contributed by atoms with Gasteiger partial charge in [0.25, 0.3) is 0 Å². The van der Waals surface area contributed by atoms with Gasteiger partial charge in [0.1, 0.15) is 11.5 Å². The number of hydrogen-bond donors (Lipinski definition) is 0. The third-order valence-electron chi connectivity index (χ3n) is 3.38. The summed E-state index contributed by atoms with van der Waals surface area (Å²) in [5, 5.41) is 0. The Morgan fingerprint density at radius 2 is 1.41 bits per heavy atom. The molecule has 108 valence electrons. The van der Waals surface area contributed by atoms with Crippen molar-refractivity contribution in [1.82, 2.24) is 0 Å². The van der Waals surface area contributed by atoms with Crippen molar-refractivity contribution in [2.45, 2.75) is 6.92 Å². The molecule has 0 fully saturated rings. The number of rotatable bonds is 4. The largest absolute Gasteiger partial charge is 0.457 e. The van der Waals surface area contributed by atoms with E-state index in [4.69, 9.17) is 4.74 Å². The minimum Gasteiger partial charge on any atom is -0.457 e. The lowest BCUT2D eigenvalue weighted by molar-refractivity contribution is 0.103. The molecule has 0 aliphatic heterocycles. The number of hydrogen-bond acceptors (Lipinski definition) is 2. The van der Waals surface area contributed by atoms with E-state index in [1.807, 2.05) is 73.7 Å². The second-order valence-corrected chi connectivity index (χ2v) is 5.14. The molecule has 0 atom stereocenters. The highest BCUT2D eigenvalue weighted by Gasteiger charge is 2.09. The highest BCUT2D eigenvalue weighted by molar-refractivity contribution is 6.09. The van der Waals surface area contributed by atoms with Gasteiger partial charge in [0.2, 0.25) is 0 Å². The molecule has 3 aromatic rings. The number of carbonyl (C=O) groups is 1. The van der Waals surface area contributed by atoms with Crippen molar-refractivity contribution in [3.05, 3.63) is 95.6 Å². The number of carbonyl (C=O) groups excluding carboxylic acids is 1. The fourth-order valence-corrected chi connectivity index (χ4v) is 2.25. The molecule has 2 nitrogen and oxygen atoms in total. The summed E-state index contributed by atoms with van der Waals surface area (Å²) in [5.74, 6) is 1.52. The maximum absolute atomic E-state index is 12.4. The molecule has 22 heavy (non-hydrogen) atoms. The minimum absolute atomic E-state index is 0.0231. The van der Waals surface area contributed by atoms with Crippen LogP contribution in [0.4, 0.5) is 0 Å². The van der Waals surface area contributed by atoms with Crippen LogP contribution in [0.15, 0.2) is 78.9 Å². The zero-order valence-corrected chi connectivity index (χ0v) is 12.3. The van der Waals surface area contributed by atoms with Crippen molar-refractivity contribution in [2.75, 3.05) is 0 Å². The van der Waals surface area contributed by atoms with Gasteiger partial charge in [-0.3, -0.25) is 4.79 Å². The number of ether oxygens (including phenoxy) is 1. The summed E-state index contributed by atoms with van der Waals surface area (Å²) in [6.45, 7) is 1.98. The summed E-state index contributed by atoms with van der Waals surface area (Å²) in [4.78, 5) is 12.4. The lowest BCUT2D eigenvalue weighted by atomic mass is 10.0. The van der Waals surface area contributed by atoms with E-state index >= 15 is 0 Å². The molecule has 3 aromatic carbocycles. The molecule has 0 bridgehead atoms. The van der Waals surface area contributed by atoms with Crippen molar-refractivity contribution in [3.8, 4) is 11.5 Å². The summed E-state index contributed by atoms with van der Waals surface area (Å²) in [6, 6.07) is 24.4. The average Bonchev–Trinajstić information content (AvgIpc) is 2.56. The number of para-hydroxylation sites is 1. The second kappa shape index (κ2) is 6.27. The number of benzene rings is 3. The normalized spacial score (nSPS) is 10.2. The summed E-state index contributed by atoms with van der Waals surface area (Å²) in [5.41, 5.74) is 2.44. The first kappa shape index (κ1) is 14.1. The van der Waals surface area contributed by atoms with E-state index in [0.717, 1.165) is 11.3 Å². The molecule has 0 aliphatic rings. The van der Waals surface area contributed by atoms with Gasteiger partial charge in [0.05, 0.1) is 0 Å². The fraction of sp³-hybridized carbons (Fsp3) is 0.0500. The molecule has 0 N–H and O–H groups in total. The Balaban J connectivity index is 1.78. The summed E-state index contributed by atoms with van der Waals surface area (Å²) in [6.07, 6.45) is 0. The second-order valence-electron chi connectivity index (χ2n) is 5.14. The van der Waals surface area contributed by atoms with E-state index < -0.39 is 0 Å². The summed E-state index contributed by atoms with van der Waals surface area (Å²) in [7, 11) is 0. The van der Waals surface area contributed by atoms with Gasteiger partial charge in [-0.1, -0.05) is 42.0 Å². The number of aryl methyl sites for hydroxylation is 1. The molecule has 0 saturated heterocycles. The molecule has 3 rings (SSSR count). The van der Waals surface area contributed by atoms with Gasteiger partial charge in [-0.25, -0.2) is 0 Å². The molecule has 0 aliphatic carbocycles. The Kier molecular flexibility index (Phi) is 4.01. The van der Waals surface area contributed by atoms with Crippen LogP contribution >= 0.6 is 0 Å². The van der Waals surface area contributed by atoms with Crippen molar-refractivity contribution in [2.24, 2.45) is 0 Å². The molecule has 0 aromatic heterocycles. The molecule has 0 radical (unpaired) electrons. The Bertz CT molecular complexity index is 774. The van der Waals surface area contributed by atoms with Crippen LogP contribution in [0, 0.1) is 6.92 Å². The maximum atomic E-state index is 12.4.